The number of rotatable bonds is 6. The van der Waals surface area contributed by atoms with Crippen LogP contribution in [0.25, 0.3) is 0 Å². The van der Waals surface area contributed by atoms with E-state index in [1.165, 1.54) is 11.3 Å². The Kier molecular flexibility index (Phi) is 5.09. The number of nitrogens with one attached hydrogen (secondary N) is 1. The molecule has 1 amide bonds. The van der Waals surface area contributed by atoms with Gasteiger partial charge in [0.1, 0.15) is 4.21 Å². The second-order valence-electron chi connectivity index (χ2n) is 7.32. The smallest absolute Gasteiger partial charge is 0.252 e. The maximum atomic E-state index is 12.7. The third-order valence-corrected chi connectivity index (χ3v) is 8.93. The van der Waals surface area contributed by atoms with E-state index in [4.69, 9.17) is 0 Å². The van der Waals surface area contributed by atoms with Gasteiger partial charge in [-0.1, -0.05) is 36.8 Å². The van der Waals surface area contributed by atoms with Gasteiger partial charge in [0.25, 0.3) is 10.0 Å². The molecule has 2 heterocycles. The van der Waals surface area contributed by atoms with Crippen LogP contribution in [0.1, 0.15) is 42.5 Å². The number of nitrogens with zero attached hydrogens (tertiary/aromatic N) is 1. The normalized spacial score (nSPS) is 19.6. The van der Waals surface area contributed by atoms with E-state index in [1.54, 1.807) is 10.4 Å². The van der Waals surface area contributed by atoms with Gasteiger partial charge in [0.05, 0.1) is 12.0 Å². The van der Waals surface area contributed by atoms with Crippen LogP contribution in [-0.4, -0.2) is 31.7 Å². The predicted octanol–water partition coefficient (Wildman–Crippen LogP) is 3.27. The lowest BCUT2D eigenvalue weighted by molar-refractivity contribution is -0.123. The number of amides is 1. The van der Waals surface area contributed by atoms with Crippen molar-refractivity contribution in [2.24, 2.45) is 0 Å². The number of carbonyl (C=O) groups is 1. The first-order valence-corrected chi connectivity index (χ1v) is 11.7. The molecule has 5 nitrogen and oxygen atoms in total. The Hall–Kier alpha value is -1.70. The predicted molar refractivity (Wildman–Crippen MR) is 106 cm³/mol. The van der Waals surface area contributed by atoms with E-state index in [9.17, 15) is 13.2 Å². The standard InChI is InChI=1S/C20H24N2O3S2/c23-19(20(11-12-20)16-7-3-1-4-8-16)21-15-17-9-10-18(26-17)27(24,25)22-13-5-2-6-14-22/h1,3-4,7-10H,2,5-6,11-15H2,(H,21,23). The van der Waals surface area contributed by atoms with E-state index in [1.807, 2.05) is 36.4 Å². The fraction of sp³-hybridized carbons (Fsp3) is 0.450. The van der Waals surface area contributed by atoms with Crippen molar-refractivity contribution in [1.29, 1.82) is 0 Å². The molecule has 2 aromatic rings. The summed E-state index contributed by atoms with van der Waals surface area (Å²) >= 11 is 1.26. The molecular formula is C20H24N2O3S2. The van der Waals surface area contributed by atoms with Crippen molar-refractivity contribution in [1.82, 2.24) is 9.62 Å². The van der Waals surface area contributed by atoms with Crippen LogP contribution in [0.4, 0.5) is 0 Å². The molecule has 7 heteroatoms. The molecule has 1 N–H and O–H groups in total. The van der Waals surface area contributed by atoms with Gasteiger partial charge >= 0.3 is 0 Å². The van der Waals surface area contributed by atoms with Crippen LogP contribution in [0.2, 0.25) is 0 Å². The molecule has 0 spiro atoms. The van der Waals surface area contributed by atoms with Crippen LogP contribution in [-0.2, 0) is 26.8 Å². The molecule has 1 aliphatic carbocycles. The third kappa shape index (κ3) is 3.68. The number of piperidine rings is 1. The van der Waals surface area contributed by atoms with E-state index >= 15 is 0 Å². The molecular weight excluding hydrogens is 380 g/mol. The number of thiophene rings is 1. The number of hydrogen-bond acceptors (Lipinski definition) is 4. The summed E-state index contributed by atoms with van der Waals surface area (Å²) in [6.07, 6.45) is 4.67. The minimum atomic E-state index is -3.40. The molecule has 1 aromatic heterocycles. The molecule has 0 bridgehead atoms. The SMILES string of the molecule is O=C(NCc1ccc(S(=O)(=O)N2CCCCC2)s1)C1(c2ccccc2)CC1. The summed E-state index contributed by atoms with van der Waals surface area (Å²) in [5.74, 6) is 0.0301. The first kappa shape index (κ1) is 18.7. The highest BCUT2D eigenvalue weighted by Gasteiger charge is 2.50. The Morgan fingerprint density at radius 2 is 1.74 bits per heavy atom. The third-order valence-electron chi connectivity index (χ3n) is 5.48. The van der Waals surface area contributed by atoms with Crippen molar-refractivity contribution < 1.29 is 13.2 Å². The van der Waals surface area contributed by atoms with Crippen LogP contribution in [0.15, 0.2) is 46.7 Å². The van der Waals surface area contributed by atoms with Gasteiger partial charge in [-0.15, -0.1) is 11.3 Å². The monoisotopic (exact) mass is 404 g/mol. The highest BCUT2D eigenvalue weighted by molar-refractivity contribution is 7.91. The summed E-state index contributed by atoms with van der Waals surface area (Å²) in [6.45, 7) is 1.57. The summed E-state index contributed by atoms with van der Waals surface area (Å²) in [6, 6.07) is 13.3. The molecule has 1 aromatic carbocycles. The lowest BCUT2D eigenvalue weighted by Gasteiger charge is -2.25. The van der Waals surface area contributed by atoms with Crippen LogP contribution in [0.5, 0.6) is 0 Å². The van der Waals surface area contributed by atoms with Crippen molar-refractivity contribution in [2.45, 2.75) is 48.3 Å². The number of sulfonamides is 1. The number of benzene rings is 1. The Morgan fingerprint density at radius 3 is 2.41 bits per heavy atom. The molecule has 4 rings (SSSR count). The molecule has 144 valence electrons. The average Bonchev–Trinajstić information content (AvgIpc) is 3.38. The number of carbonyl (C=O) groups excluding carboxylic acids is 1. The molecule has 2 fully saturated rings. The Bertz CT molecular complexity index is 912. The van der Waals surface area contributed by atoms with Crippen LogP contribution in [0, 0.1) is 0 Å². The zero-order chi connectivity index (χ0) is 18.9. The van der Waals surface area contributed by atoms with Gasteiger partial charge in [-0.3, -0.25) is 4.79 Å². The van der Waals surface area contributed by atoms with Crippen molar-refractivity contribution in [3.8, 4) is 0 Å². The van der Waals surface area contributed by atoms with E-state index in [2.05, 4.69) is 5.32 Å². The fourth-order valence-electron chi connectivity index (χ4n) is 3.69. The van der Waals surface area contributed by atoms with Crippen LogP contribution >= 0.6 is 11.3 Å². The van der Waals surface area contributed by atoms with Crippen LogP contribution in [0.3, 0.4) is 0 Å². The van der Waals surface area contributed by atoms with Crippen molar-refractivity contribution >= 4 is 27.3 Å². The lowest BCUT2D eigenvalue weighted by atomic mass is 9.95. The number of hydrogen-bond donors (Lipinski definition) is 1. The minimum Gasteiger partial charge on any atom is -0.350 e. The van der Waals surface area contributed by atoms with Crippen molar-refractivity contribution in [3.05, 3.63) is 52.9 Å². The van der Waals surface area contributed by atoms with Gasteiger partial charge < -0.3 is 5.32 Å². The quantitative estimate of drug-likeness (QED) is 0.804. The molecule has 2 aliphatic rings. The van der Waals surface area contributed by atoms with Gasteiger partial charge in [0.15, 0.2) is 0 Å². The molecule has 1 aliphatic heterocycles. The zero-order valence-corrected chi connectivity index (χ0v) is 16.8. The van der Waals surface area contributed by atoms with Crippen molar-refractivity contribution in [2.75, 3.05) is 13.1 Å². The van der Waals surface area contributed by atoms with Crippen LogP contribution < -0.4 is 5.32 Å². The second kappa shape index (κ2) is 7.37. The van der Waals surface area contributed by atoms with E-state index in [-0.39, 0.29) is 5.91 Å². The summed E-state index contributed by atoms with van der Waals surface area (Å²) in [5.41, 5.74) is 0.656. The topological polar surface area (TPSA) is 66.5 Å². The Labute approximate surface area is 164 Å². The van der Waals surface area contributed by atoms with Gasteiger partial charge in [-0.25, -0.2) is 8.42 Å². The first-order valence-electron chi connectivity index (χ1n) is 9.45. The summed E-state index contributed by atoms with van der Waals surface area (Å²) in [7, 11) is -3.40. The van der Waals surface area contributed by atoms with E-state index < -0.39 is 15.4 Å². The van der Waals surface area contributed by atoms with Crippen molar-refractivity contribution in [3.63, 3.8) is 0 Å². The Morgan fingerprint density at radius 1 is 1.04 bits per heavy atom. The highest BCUT2D eigenvalue weighted by Crippen LogP contribution is 2.48. The Balaban J connectivity index is 1.41. The van der Waals surface area contributed by atoms with Gasteiger partial charge in [0, 0.05) is 18.0 Å². The molecule has 27 heavy (non-hydrogen) atoms. The van der Waals surface area contributed by atoms with Gasteiger partial charge in [0.2, 0.25) is 5.91 Å². The lowest BCUT2D eigenvalue weighted by Crippen LogP contribution is -2.35. The summed E-state index contributed by atoms with van der Waals surface area (Å²) in [4.78, 5) is 13.6. The minimum absolute atomic E-state index is 0.0301. The maximum absolute atomic E-state index is 12.7. The zero-order valence-electron chi connectivity index (χ0n) is 15.2. The molecule has 1 saturated carbocycles. The summed E-state index contributed by atoms with van der Waals surface area (Å²) in [5, 5.41) is 3.01. The largest absolute Gasteiger partial charge is 0.350 e. The molecule has 0 atom stereocenters. The highest BCUT2D eigenvalue weighted by atomic mass is 32.2. The van der Waals surface area contributed by atoms with Gasteiger partial charge in [-0.05, 0) is 43.4 Å². The van der Waals surface area contributed by atoms with Gasteiger partial charge in [-0.2, -0.15) is 4.31 Å². The second-order valence-corrected chi connectivity index (χ2v) is 10.6. The average molecular weight is 405 g/mol. The molecule has 0 unspecified atom stereocenters. The van der Waals surface area contributed by atoms with E-state index in [0.717, 1.165) is 42.5 Å². The first-order chi connectivity index (χ1) is 13.0. The molecule has 0 radical (unpaired) electrons. The summed E-state index contributed by atoms with van der Waals surface area (Å²) < 4.78 is 27.4. The maximum Gasteiger partial charge on any atom is 0.252 e. The molecule has 1 saturated heterocycles. The fourth-order valence-corrected chi connectivity index (χ4v) is 6.66. The van der Waals surface area contributed by atoms with E-state index in [0.29, 0.717) is 23.8 Å².